The fourth-order valence-corrected chi connectivity index (χ4v) is 2.64. The number of aryl methyl sites for hydroxylation is 1. The van der Waals surface area contributed by atoms with Crippen LogP contribution in [0.2, 0.25) is 0 Å². The number of aromatic nitrogens is 3. The molecule has 0 unspecified atom stereocenters. The van der Waals surface area contributed by atoms with Crippen LogP contribution in [0.5, 0.6) is 0 Å². The van der Waals surface area contributed by atoms with E-state index < -0.39 is 0 Å². The molecule has 3 rings (SSSR count). The summed E-state index contributed by atoms with van der Waals surface area (Å²) in [5.41, 5.74) is 3.12. The third kappa shape index (κ3) is 3.73. The van der Waals surface area contributed by atoms with E-state index in [9.17, 15) is 4.39 Å². The monoisotopic (exact) mass is 328 g/mol. The predicted molar refractivity (Wildman–Crippen MR) is 93.4 cm³/mol. The van der Waals surface area contributed by atoms with Gasteiger partial charge in [0.05, 0.1) is 6.20 Å². The molecule has 0 radical (unpaired) electrons. The lowest BCUT2D eigenvalue weighted by Gasteiger charge is -2.10. The molecule has 3 aromatic rings. The average molecular weight is 328 g/mol. The predicted octanol–water partition coefficient (Wildman–Crippen LogP) is 1.95. The van der Waals surface area contributed by atoms with Crippen LogP contribution in [0.3, 0.4) is 0 Å². The van der Waals surface area contributed by atoms with Gasteiger partial charge in [-0.05, 0) is 30.2 Å². The molecule has 0 aliphatic rings. The number of aromatic amines is 1. The number of nitrogens with zero attached hydrogens (tertiary/aromatic N) is 3. The molecule has 0 atom stereocenters. The summed E-state index contributed by atoms with van der Waals surface area (Å²) in [6.45, 7) is 1.36. The van der Waals surface area contributed by atoms with Gasteiger partial charge in [-0.1, -0.05) is 0 Å². The Bertz CT molecular complexity index is 848. The molecule has 2 aromatic heterocycles. The summed E-state index contributed by atoms with van der Waals surface area (Å²) in [4.78, 5) is 7.37. The first-order valence-corrected chi connectivity index (χ1v) is 7.83. The number of H-pyrrole nitrogens is 1. The number of nitrogens with one attached hydrogen (secondary N) is 3. The van der Waals surface area contributed by atoms with Crippen molar-refractivity contribution in [1.29, 1.82) is 0 Å². The van der Waals surface area contributed by atoms with Crippen LogP contribution >= 0.6 is 0 Å². The highest BCUT2D eigenvalue weighted by molar-refractivity contribution is 5.83. The largest absolute Gasteiger partial charge is 0.361 e. The lowest BCUT2D eigenvalue weighted by Crippen LogP contribution is -2.37. The number of benzene rings is 1. The zero-order chi connectivity index (χ0) is 16.9. The SMILES string of the molecule is CN=C(NCCc1c[nH]c2ccc(F)cc12)NCc1cnn(C)c1. The fraction of sp³-hybridized carbons (Fsp3) is 0.294. The molecule has 2 heterocycles. The summed E-state index contributed by atoms with van der Waals surface area (Å²) in [6, 6.07) is 4.79. The van der Waals surface area contributed by atoms with E-state index in [1.807, 2.05) is 25.6 Å². The highest BCUT2D eigenvalue weighted by Crippen LogP contribution is 2.19. The molecule has 0 aliphatic heterocycles. The van der Waals surface area contributed by atoms with Gasteiger partial charge in [-0.3, -0.25) is 9.67 Å². The number of rotatable bonds is 5. The van der Waals surface area contributed by atoms with Crippen molar-refractivity contribution < 1.29 is 4.39 Å². The molecular weight excluding hydrogens is 307 g/mol. The Hall–Kier alpha value is -2.83. The molecule has 3 N–H and O–H groups in total. The smallest absolute Gasteiger partial charge is 0.191 e. The first-order valence-electron chi connectivity index (χ1n) is 7.83. The second-order valence-corrected chi connectivity index (χ2v) is 5.63. The van der Waals surface area contributed by atoms with Gasteiger partial charge in [0.25, 0.3) is 0 Å². The van der Waals surface area contributed by atoms with E-state index in [0.717, 1.165) is 34.4 Å². The van der Waals surface area contributed by atoms with Gasteiger partial charge < -0.3 is 15.6 Å². The van der Waals surface area contributed by atoms with Crippen LogP contribution < -0.4 is 10.6 Å². The Morgan fingerprint density at radius 3 is 3.00 bits per heavy atom. The van der Waals surface area contributed by atoms with Crippen LogP contribution in [0.4, 0.5) is 4.39 Å². The number of fused-ring (bicyclic) bond motifs is 1. The van der Waals surface area contributed by atoms with Crippen LogP contribution in [0.15, 0.2) is 41.8 Å². The molecule has 126 valence electrons. The normalized spacial score (nSPS) is 11.9. The van der Waals surface area contributed by atoms with E-state index in [-0.39, 0.29) is 5.82 Å². The second-order valence-electron chi connectivity index (χ2n) is 5.63. The number of aliphatic imine (C=N–C) groups is 1. The molecule has 6 nitrogen and oxygen atoms in total. The number of hydrogen-bond donors (Lipinski definition) is 3. The molecule has 0 fully saturated rings. The van der Waals surface area contributed by atoms with Gasteiger partial charge in [-0.15, -0.1) is 0 Å². The van der Waals surface area contributed by atoms with Gasteiger partial charge in [0.2, 0.25) is 0 Å². The Balaban J connectivity index is 1.53. The molecule has 1 aromatic carbocycles. The number of guanidine groups is 1. The molecule has 24 heavy (non-hydrogen) atoms. The number of halogens is 1. The second kappa shape index (κ2) is 7.16. The third-order valence-corrected chi connectivity index (χ3v) is 3.86. The van der Waals surface area contributed by atoms with Crippen molar-refractivity contribution in [2.24, 2.45) is 12.0 Å². The van der Waals surface area contributed by atoms with E-state index >= 15 is 0 Å². The van der Waals surface area contributed by atoms with E-state index in [2.05, 4.69) is 25.7 Å². The molecule has 0 saturated carbocycles. The van der Waals surface area contributed by atoms with E-state index in [1.54, 1.807) is 23.9 Å². The van der Waals surface area contributed by atoms with Gasteiger partial charge >= 0.3 is 0 Å². The molecule has 0 bridgehead atoms. The lowest BCUT2D eigenvalue weighted by molar-refractivity contribution is 0.629. The van der Waals surface area contributed by atoms with Crippen molar-refractivity contribution >= 4 is 16.9 Å². The van der Waals surface area contributed by atoms with Crippen LogP contribution in [0, 0.1) is 5.82 Å². The minimum atomic E-state index is -0.217. The van der Waals surface area contributed by atoms with E-state index in [4.69, 9.17) is 0 Å². The van der Waals surface area contributed by atoms with Gasteiger partial charge in [0, 0.05) is 56.0 Å². The number of hydrogen-bond acceptors (Lipinski definition) is 2. The zero-order valence-electron chi connectivity index (χ0n) is 13.8. The molecule has 0 amide bonds. The van der Waals surface area contributed by atoms with Crippen molar-refractivity contribution in [3.63, 3.8) is 0 Å². The molecule has 0 spiro atoms. The Labute approximate surface area is 139 Å². The molecule has 7 heteroatoms. The minimum absolute atomic E-state index is 0.217. The first-order chi connectivity index (χ1) is 11.7. The van der Waals surface area contributed by atoms with Gasteiger partial charge in [0.15, 0.2) is 5.96 Å². The van der Waals surface area contributed by atoms with Crippen LogP contribution in [0.1, 0.15) is 11.1 Å². The summed E-state index contributed by atoms with van der Waals surface area (Å²) in [5, 5.41) is 11.6. The summed E-state index contributed by atoms with van der Waals surface area (Å²) in [6.07, 6.45) is 6.48. The Morgan fingerprint density at radius 1 is 1.38 bits per heavy atom. The van der Waals surface area contributed by atoms with Crippen molar-refractivity contribution in [2.75, 3.05) is 13.6 Å². The minimum Gasteiger partial charge on any atom is -0.361 e. The quantitative estimate of drug-likeness (QED) is 0.495. The maximum Gasteiger partial charge on any atom is 0.191 e. The van der Waals surface area contributed by atoms with Gasteiger partial charge in [0.1, 0.15) is 5.82 Å². The Kier molecular flexibility index (Phi) is 4.79. The fourth-order valence-electron chi connectivity index (χ4n) is 2.64. The standard InChI is InChI=1S/C17H21FN6/c1-19-17(22-8-12-9-23-24(2)11-12)20-6-5-13-10-21-16-4-3-14(18)7-15(13)16/h3-4,7,9-11,21H,5-6,8H2,1-2H3,(H2,19,20,22). The van der Waals surface area contributed by atoms with Crippen LogP contribution in [0.25, 0.3) is 10.9 Å². The van der Waals surface area contributed by atoms with Crippen molar-refractivity contribution in [3.05, 3.63) is 53.7 Å². The molecule has 0 aliphatic carbocycles. The summed E-state index contributed by atoms with van der Waals surface area (Å²) >= 11 is 0. The summed E-state index contributed by atoms with van der Waals surface area (Å²) < 4.78 is 15.2. The van der Waals surface area contributed by atoms with E-state index in [1.165, 1.54) is 6.07 Å². The van der Waals surface area contributed by atoms with Crippen molar-refractivity contribution in [2.45, 2.75) is 13.0 Å². The third-order valence-electron chi connectivity index (χ3n) is 3.86. The Morgan fingerprint density at radius 2 is 2.25 bits per heavy atom. The summed E-state index contributed by atoms with van der Waals surface area (Å²) in [5.74, 6) is 0.509. The average Bonchev–Trinajstić information content (AvgIpc) is 3.17. The highest BCUT2D eigenvalue weighted by Gasteiger charge is 2.05. The van der Waals surface area contributed by atoms with Gasteiger partial charge in [-0.25, -0.2) is 4.39 Å². The molecule has 0 saturated heterocycles. The maximum atomic E-state index is 13.4. The van der Waals surface area contributed by atoms with Gasteiger partial charge in [-0.2, -0.15) is 5.10 Å². The summed E-state index contributed by atoms with van der Waals surface area (Å²) in [7, 11) is 3.63. The zero-order valence-corrected chi connectivity index (χ0v) is 13.8. The molecular formula is C17H21FN6. The van der Waals surface area contributed by atoms with E-state index in [0.29, 0.717) is 13.1 Å². The first kappa shape index (κ1) is 16.0. The lowest BCUT2D eigenvalue weighted by atomic mass is 10.1. The van der Waals surface area contributed by atoms with Crippen molar-refractivity contribution in [1.82, 2.24) is 25.4 Å². The van der Waals surface area contributed by atoms with Crippen LogP contribution in [-0.4, -0.2) is 34.3 Å². The topological polar surface area (TPSA) is 70.0 Å². The van der Waals surface area contributed by atoms with Crippen LogP contribution in [-0.2, 0) is 20.0 Å². The highest BCUT2D eigenvalue weighted by atomic mass is 19.1. The maximum absolute atomic E-state index is 13.4. The van der Waals surface area contributed by atoms with Crippen molar-refractivity contribution in [3.8, 4) is 0 Å².